The number of rotatable bonds is 6. The highest BCUT2D eigenvalue weighted by atomic mass is 32.1. The lowest BCUT2D eigenvalue weighted by molar-refractivity contribution is -0.148. The van der Waals surface area contributed by atoms with Crippen LogP contribution in [-0.2, 0) is 16.1 Å². The molecule has 0 aliphatic rings. The SMILES string of the molecule is O=C(COc1ccc2ccc(=O)oc2c1)OCc1nc(-c2ccsc2)no1. The van der Waals surface area contributed by atoms with Gasteiger partial charge in [0.25, 0.3) is 5.89 Å². The highest BCUT2D eigenvalue weighted by molar-refractivity contribution is 7.08. The van der Waals surface area contributed by atoms with Crippen molar-refractivity contribution in [3.05, 3.63) is 63.5 Å². The van der Waals surface area contributed by atoms with E-state index in [-0.39, 0.29) is 19.1 Å². The van der Waals surface area contributed by atoms with E-state index in [1.165, 1.54) is 23.5 Å². The number of hydrogen-bond acceptors (Lipinski definition) is 9. The van der Waals surface area contributed by atoms with Crippen LogP contribution >= 0.6 is 11.3 Å². The first kappa shape index (κ1) is 17.0. The summed E-state index contributed by atoms with van der Waals surface area (Å²) in [6.45, 7) is -0.458. The van der Waals surface area contributed by atoms with Crippen molar-refractivity contribution in [2.45, 2.75) is 6.61 Å². The minimum absolute atomic E-state index is 0.147. The molecule has 0 aliphatic carbocycles. The van der Waals surface area contributed by atoms with Crippen LogP contribution in [0.3, 0.4) is 0 Å². The van der Waals surface area contributed by atoms with Crippen LogP contribution in [0, 0.1) is 0 Å². The Labute approximate surface area is 156 Å². The monoisotopic (exact) mass is 384 g/mol. The van der Waals surface area contributed by atoms with Crippen LogP contribution in [0.2, 0.25) is 0 Å². The summed E-state index contributed by atoms with van der Waals surface area (Å²) in [6, 6.07) is 9.78. The topological polar surface area (TPSA) is 105 Å². The lowest BCUT2D eigenvalue weighted by Crippen LogP contribution is -2.14. The molecule has 9 heteroatoms. The number of carbonyl (C=O) groups excluding carboxylic acids is 1. The molecular weight excluding hydrogens is 372 g/mol. The quantitative estimate of drug-likeness (QED) is 0.369. The van der Waals surface area contributed by atoms with Gasteiger partial charge in [0, 0.05) is 28.5 Å². The molecule has 0 unspecified atom stereocenters. The molecule has 0 fully saturated rings. The van der Waals surface area contributed by atoms with Gasteiger partial charge in [-0.05, 0) is 29.6 Å². The predicted octanol–water partition coefficient (Wildman–Crippen LogP) is 3.03. The molecule has 0 aliphatic heterocycles. The lowest BCUT2D eigenvalue weighted by Gasteiger charge is -2.06. The van der Waals surface area contributed by atoms with Gasteiger partial charge in [-0.2, -0.15) is 16.3 Å². The first-order chi connectivity index (χ1) is 13.2. The summed E-state index contributed by atoms with van der Waals surface area (Å²) in [4.78, 5) is 27.2. The molecule has 0 atom stereocenters. The molecule has 0 bridgehead atoms. The van der Waals surface area contributed by atoms with Crippen LogP contribution in [0.15, 0.2) is 60.9 Å². The van der Waals surface area contributed by atoms with Crippen LogP contribution in [0.1, 0.15) is 5.89 Å². The summed E-state index contributed by atoms with van der Waals surface area (Å²) in [7, 11) is 0. The van der Waals surface area contributed by atoms with E-state index >= 15 is 0 Å². The van der Waals surface area contributed by atoms with Crippen molar-refractivity contribution in [2.24, 2.45) is 0 Å². The summed E-state index contributed by atoms with van der Waals surface area (Å²) < 4.78 is 20.5. The molecule has 4 aromatic rings. The number of carbonyl (C=O) groups is 1. The van der Waals surface area contributed by atoms with Gasteiger partial charge in [-0.1, -0.05) is 5.16 Å². The average Bonchev–Trinajstić information content (AvgIpc) is 3.35. The number of fused-ring (bicyclic) bond motifs is 1. The Morgan fingerprint density at radius 3 is 2.93 bits per heavy atom. The van der Waals surface area contributed by atoms with Gasteiger partial charge in [0.1, 0.15) is 11.3 Å². The van der Waals surface area contributed by atoms with E-state index in [0.717, 1.165) is 10.9 Å². The maximum atomic E-state index is 11.8. The van der Waals surface area contributed by atoms with Gasteiger partial charge in [0.05, 0.1) is 0 Å². The molecule has 0 radical (unpaired) electrons. The Balaban J connectivity index is 1.31. The van der Waals surface area contributed by atoms with E-state index in [4.69, 9.17) is 18.4 Å². The summed E-state index contributed by atoms with van der Waals surface area (Å²) >= 11 is 1.52. The summed E-state index contributed by atoms with van der Waals surface area (Å²) in [5, 5.41) is 8.37. The van der Waals surface area contributed by atoms with Crippen molar-refractivity contribution in [1.82, 2.24) is 10.1 Å². The molecule has 3 heterocycles. The minimum Gasteiger partial charge on any atom is -0.482 e. The number of ether oxygens (including phenoxy) is 2. The molecular formula is C18H12N2O6S. The van der Waals surface area contributed by atoms with Crippen molar-refractivity contribution >= 4 is 28.3 Å². The largest absolute Gasteiger partial charge is 0.482 e. The Bertz CT molecular complexity index is 1130. The van der Waals surface area contributed by atoms with Crippen LogP contribution in [0.4, 0.5) is 0 Å². The fourth-order valence-electron chi connectivity index (χ4n) is 2.28. The number of nitrogens with zero attached hydrogens (tertiary/aromatic N) is 2. The van der Waals surface area contributed by atoms with Crippen LogP contribution in [-0.4, -0.2) is 22.7 Å². The third-order valence-corrected chi connectivity index (χ3v) is 4.24. The second-order valence-electron chi connectivity index (χ2n) is 5.43. The van der Waals surface area contributed by atoms with Gasteiger partial charge in [-0.25, -0.2) is 9.59 Å². The highest BCUT2D eigenvalue weighted by Crippen LogP contribution is 2.20. The Morgan fingerprint density at radius 2 is 2.07 bits per heavy atom. The molecule has 3 aromatic heterocycles. The summed E-state index contributed by atoms with van der Waals surface area (Å²) in [5.41, 5.74) is 0.758. The first-order valence-corrected chi connectivity index (χ1v) is 8.79. The van der Waals surface area contributed by atoms with Crippen molar-refractivity contribution in [2.75, 3.05) is 6.61 Å². The van der Waals surface area contributed by atoms with E-state index in [2.05, 4.69) is 10.1 Å². The van der Waals surface area contributed by atoms with Gasteiger partial charge >= 0.3 is 11.6 Å². The Hall–Kier alpha value is -3.46. The molecule has 0 spiro atoms. The lowest BCUT2D eigenvalue weighted by atomic mass is 10.2. The van der Waals surface area contributed by atoms with E-state index in [1.54, 1.807) is 18.2 Å². The second-order valence-corrected chi connectivity index (χ2v) is 6.21. The second kappa shape index (κ2) is 7.42. The molecule has 8 nitrogen and oxygen atoms in total. The molecule has 27 heavy (non-hydrogen) atoms. The number of esters is 1. The van der Waals surface area contributed by atoms with Crippen LogP contribution in [0.5, 0.6) is 5.75 Å². The van der Waals surface area contributed by atoms with Gasteiger partial charge in [-0.3, -0.25) is 0 Å². The van der Waals surface area contributed by atoms with Crippen molar-refractivity contribution in [1.29, 1.82) is 0 Å². The van der Waals surface area contributed by atoms with E-state index in [9.17, 15) is 9.59 Å². The van der Waals surface area contributed by atoms with Crippen molar-refractivity contribution in [3.8, 4) is 17.1 Å². The van der Waals surface area contributed by atoms with E-state index in [1.807, 2.05) is 16.8 Å². The number of aromatic nitrogens is 2. The van der Waals surface area contributed by atoms with Gasteiger partial charge in [0.15, 0.2) is 13.2 Å². The summed E-state index contributed by atoms with van der Waals surface area (Å²) in [6.07, 6.45) is 0. The maximum Gasteiger partial charge on any atom is 0.344 e. The normalized spacial score (nSPS) is 10.8. The zero-order chi connectivity index (χ0) is 18.6. The zero-order valence-corrected chi connectivity index (χ0v) is 14.6. The minimum atomic E-state index is -0.597. The van der Waals surface area contributed by atoms with Crippen molar-refractivity contribution < 1.29 is 23.2 Å². The fraction of sp³-hybridized carbons (Fsp3) is 0.111. The average molecular weight is 384 g/mol. The predicted molar refractivity (Wildman–Crippen MR) is 95.4 cm³/mol. The first-order valence-electron chi connectivity index (χ1n) is 7.85. The third-order valence-electron chi connectivity index (χ3n) is 3.56. The number of thiophene rings is 1. The zero-order valence-electron chi connectivity index (χ0n) is 13.8. The molecule has 0 amide bonds. The van der Waals surface area contributed by atoms with Crippen LogP contribution < -0.4 is 10.4 Å². The van der Waals surface area contributed by atoms with Gasteiger partial charge < -0.3 is 18.4 Å². The van der Waals surface area contributed by atoms with Crippen LogP contribution in [0.25, 0.3) is 22.4 Å². The van der Waals surface area contributed by atoms with E-state index in [0.29, 0.717) is 17.2 Å². The third kappa shape index (κ3) is 4.04. The fourth-order valence-corrected chi connectivity index (χ4v) is 2.91. The highest BCUT2D eigenvalue weighted by Gasteiger charge is 2.12. The van der Waals surface area contributed by atoms with Gasteiger partial charge in [-0.15, -0.1) is 0 Å². The number of hydrogen-bond donors (Lipinski definition) is 0. The maximum absolute atomic E-state index is 11.8. The molecule has 136 valence electrons. The van der Waals surface area contributed by atoms with Gasteiger partial charge in [0.2, 0.25) is 5.82 Å². The molecule has 4 rings (SSSR count). The molecule has 0 saturated carbocycles. The van der Waals surface area contributed by atoms with Crippen molar-refractivity contribution in [3.63, 3.8) is 0 Å². The molecule has 0 N–H and O–H groups in total. The molecule has 1 aromatic carbocycles. The molecule has 0 saturated heterocycles. The smallest absolute Gasteiger partial charge is 0.344 e. The number of benzene rings is 1. The Morgan fingerprint density at radius 1 is 1.19 bits per heavy atom. The Kier molecular flexibility index (Phi) is 4.67. The standard InChI is InChI=1S/C18H12N2O6S/c21-16-4-2-11-1-3-13(7-14(11)25-16)23-9-17(22)24-8-15-19-18(20-26-15)12-5-6-27-10-12/h1-7,10H,8-9H2. The van der Waals surface area contributed by atoms with E-state index < -0.39 is 11.6 Å². The summed E-state index contributed by atoms with van der Waals surface area (Å²) in [5.74, 6) is 0.416.